The van der Waals surface area contributed by atoms with Crippen molar-refractivity contribution in [3.8, 4) is 0 Å². The van der Waals surface area contributed by atoms with Crippen LogP contribution in [0.5, 0.6) is 0 Å². The lowest BCUT2D eigenvalue weighted by atomic mass is 10.1. The first-order chi connectivity index (χ1) is 14.3. The molecule has 158 valence electrons. The number of aryl methyl sites for hydroxylation is 1. The molecule has 0 aliphatic carbocycles. The quantitative estimate of drug-likeness (QED) is 0.339. The van der Waals surface area contributed by atoms with Crippen LogP contribution in [0.3, 0.4) is 0 Å². The fourth-order valence-electron chi connectivity index (χ4n) is 3.02. The number of thiocarbonyl (C=S) groups is 1. The average molecular weight is 462 g/mol. The Morgan fingerprint density at radius 2 is 2.13 bits per heavy atom. The number of benzene rings is 1. The zero-order chi connectivity index (χ0) is 21.8. The second-order valence-corrected chi connectivity index (χ2v) is 9.32. The monoisotopic (exact) mass is 461 g/mol. The Bertz CT molecular complexity index is 1020. The van der Waals surface area contributed by atoms with Gasteiger partial charge >= 0.3 is 0 Å². The molecule has 0 N–H and O–H groups in total. The van der Waals surface area contributed by atoms with E-state index in [1.807, 2.05) is 37.4 Å². The Labute approximate surface area is 189 Å². The highest BCUT2D eigenvalue weighted by molar-refractivity contribution is 8.26. The van der Waals surface area contributed by atoms with Crippen molar-refractivity contribution in [2.45, 2.75) is 27.2 Å². The fraction of sp³-hybridized carbons (Fsp3) is 0.333. The summed E-state index contributed by atoms with van der Waals surface area (Å²) in [7, 11) is 1.63. The number of aromatic nitrogens is 1. The predicted molar refractivity (Wildman–Crippen MR) is 127 cm³/mol. The third-order valence-corrected chi connectivity index (χ3v) is 6.94. The Kier molecular flexibility index (Phi) is 7.41. The van der Waals surface area contributed by atoms with Gasteiger partial charge in [0.2, 0.25) is 5.91 Å². The molecule has 1 aromatic heterocycles. The lowest BCUT2D eigenvalue weighted by molar-refractivity contribution is -0.122. The summed E-state index contributed by atoms with van der Waals surface area (Å²) in [5, 5.41) is 2.41. The summed E-state index contributed by atoms with van der Waals surface area (Å²) in [4.78, 5) is 33.4. The predicted octanol–water partition coefficient (Wildman–Crippen LogP) is 4.68. The molecule has 9 heteroatoms. The molecule has 2 aromatic rings. The number of hydrogen-bond donors (Lipinski definition) is 0. The normalized spacial score (nSPS) is 15.3. The number of rotatable bonds is 7. The van der Waals surface area contributed by atoms with Gasteiger partial charge in [0, 0.05) is 32.6 Å². The summed E-state index contributed by atoms with van der Waals surface area (Å²) in [6.07, 6.45) is 2.46. The smallest absolute Gasteiger partial charge is 0.266 e. The number of thiazole rings is 1. The molecule has 0 radical (unpaired) electrons. The summed E-state index contributed by atoms with van der Waals surface area (Å²) >= 11 is 7.98. The van der Waals surface area contributed by atoms with Crippen LogP contribution in [0, 0.1) is 13.8 Å². The molecule has 2 heterocycles. The fourth-order valence-corrected chi connectivity index (χ4v) is 5.16. The van der Waals surface area contributed by atoms with E-state index < -0.39 is 0 Å². The van der Waals surface area contributed by atoms with Crippen molar-refractivity contribution < 1.29 is 14.3 Å². The Morgan fingerprint density at radius 3 is 2.83 bits per heavy atom. The maximum atomic E-state index is 12.7. The van der Waals surface area contributed by atoms with E-state index in [4.69, 9.17) is 17.0 Å². The molecule has 0 spiro atoms. The van der Waals surface area contributed by atoms with Crippen molar-refractivity contribution in [1.29, 1.82) is 0 Å². The number of anilines is 2. The molecule has 1 fully saturated rings. The Morgan fingerprint density at radius 1 is 1.37 bits per heavy atom. The maximum absolute atomic E-state index is 12.7. The summed E-state index contributed by atoms with van der Waals surface area (Å²) in [6.45, 7) is 6.63. The first-order valence-corrected chi connectivity index (χ1v) is 11.5. The summed E-state index contributed by atoms with van der Waals surface area (Å²) in [5.74, 6) is -0.234. The van der Waals surface area contributed by atoms with Crippen LogP contribution < -0.4 is 4.90 Å². The minimum atomic E-state index is -0.117. The van der Waals surface area contributed by atoms with Gasteiger partial charge in [-0.05, 0) is 43.5 Å². The largest absolute Gasteiger partial charge is 0.385 e. The average Bonchev–Trinajstić information content (AvgIpc) is 3.25. The SMILES string of the molecule is COCCCN1C(=O)/C(=C/c2csc(N(C(C)=O)c3cccc(C)c3C)n2)SC1=S. The Hall–Kier alpha value is -2.07. The molecule has 0 saturated carbocycles. The molecule has 6 nitrogen and oxygen atoms in total. The second kappa shape index (κ2) is 9.82. The van der Waals surface area contributed by atoms with E-state index in [9.17, 15) is 9.59 Å². The van der Waals surface area contributed by atoms with E-state index >= 15 is 0 Å². The summed E-state index contributed by atoms with van der Waals surface area (Å²) in [5.41, 5.74) is 3.57. The number of hydrogen-bond acceptors (Lipinski definition) is 7. The number of carbonyl (C=O) groups is 2. The van der Waals surface area contributed by atoms with Gasteiger partial charge in [-0.2, -0.15) is 0 Å². The van der Waals surface area contributed by atoms with Crippen molar-refractivity contribution in [2.24, 2.45) is 0 Å². The lowest BCUT2D eigenvalue weighted by Gasteiger charge is -2.21. The van der Waals surface area contributed by atoms with E-state index in [0.717, 1.165) is 23.2 Å². The maximum Gasteiger partial charge on any atom is 0.266 e. The van der Waals surface area contributed by atoms with Crippen LogP contribution in [-0.4, -0.2) is 46.3 Å². The Balaban J connectivity index is 1.85. The third-order valence-electron chi connectivity index (χ3n) is 4.72. The van der Waals surface area contributed by atoms with Gasteiger partial charge in [-0.1, -0.05) is 36.1 Å². The van der Waals surface area contributed by atoms with Crippen molar-refractivity contribution in [3.63, 3.8) is 0 Å². The molecule has 1 saturated heterocycles. The molecule has 2 amide bonds. The van der Waals surface area contributed by atoms with Crippen molar-refractivity contribution in [2.75, 3.05) is 25.2 Å². The molecule has 1 aliphatic heterocycles. The second-order valence-electron chi connectivity index (χ2n) is 6.81. The van der Waals surface area contributed by atoms with Crippen LogP contribution in [-0.2, 0) is 14.3 Å². The number of methoxy groups -OCH3 is 1. The topological polar surface area (TPSA) is 62.7 Å². The molecule has 30 heavy (non-hydrogen) atoms. The number of ether oxygens (including phenoxy) is 1. The number of nitrogens with zero attached hydrogens (tertiary/aromatic N) is 3. The van der Waals surface area contributed by atoms with Gasteiger partial charge in [-0.25, -0.2) is 4.98 Å². The highest BCUT2D eigenvalue weighted by Gasteiger charge is 2.32. The van der Waals surface area contributed by atoms with Gasteiger partial charge in [-0.3, -0.25) is 19.4 Å². The minimum absolute atomic E-state index is 0.117. The standard InChI is InChI=1S/C21H23N3O3S3/c1-13-7-5-8-17(14(13)2)24(15(3)25)20-22-16(12-29-20)11-18-19(26)23(21(28)30-18)9-6-10-27-4/h5,7-8,11-12H,6,9-10H2,1-4H3/b18-11-. The first kappa shape index (κ1) is 22.6. The van der Waals surface area contributed by atoms with Crippen LogP contribution in [0.15, 0.2) is 28.5 Å². The highest BCUT2D eigenvalue weighted by atomic mass is 32.2. The van der Waals surface area contributed by atoms with E-state index in [0.29, 0.717) is 33.2 Å². The van der Waals surface area contributed by atoms with Crippen LogP contribution in [0.4, 0.5) is 10.8 Å². The minimum Gasteiger partial charge on any atom is -0.385 e. The zero-order valence-electron chi connectivity index (χ0n) is 17.3. The lowest BCUT2D eigenvalue weighted by Crippen LogP contribution is -2.29. The molecule has 0 atom stereocenters. The van der Waals surface area contributed by atoms with Crippen molar-refractivity contribution in [3.05, 3.63) is 45.3 Å². The van der Waals surface area contributed by atoms with Gasteiger partial charge in [0.05, 0.1) is 16.3 Å². The van der Waals surface area contributed by atoms with Gasteiger partial charge in [0.1, 0.15) is 4.32 Å². The number of carbonyl (C=O) groups excluding carboxylic acids is 2. The van der Waals surface area contributed by atoms with Crippen LogP contribution in [0.2, 0.25) is 0 Å². The van der Waals surface area contributed by atoms with Gasteiger partial charge in [-0.15, -0.1) is 11.3 Å². The molecule has 1 aromatic carbocycles. The third kappa shape index (κ3) is 4.80. The zero-order valence-corrected chi connectivity index (χ0v) is 19.7. The molecule has 1 aliphatic rings. The summed E-state index contributed by atoms with van der Waals surface area (Å²) < 4.78 is 5.59. The number of amides is 2. The van der Waals surface area contributed by atoms with Crippen molar-refractivity contribution in [1.82, 2.24) is 9.88 Å². The van der Waals surface area contributed by atoms with Gasteiger partial charge in [0.25, 0.3) is 5.91 Å². The molecule has 3 rings (SSSR count). The van der Waals surface area contributed by atoms with Gasteiger partial charge in [0.15, 0.2) is 5.13 Å². The first-order valence-electron chi connectivity index (χ1n) is 9.40. The van der Waals surface area contributed by atoms with E-state index in [2.05, 4.69) is 4.98 Å². The van der Waals surface area contributed by atoms with E-state index in [1.54, 1.807) is 23.0 Å². The molecule has 0 bridgehead atoms. The molecular weight excluding hydrogens is 438 g/mol. The van der Waals surface area contributed by atoms with E-state index in [1.165, 1.54) is 30.0 Å². The van der Waals surface area contributed by atoms with Crippen LogP contribution in [0.1, 0.15) is 30.2 Å². The van der Waals surface area contributed by atoms with E-state index in [-0.39, 0.29) is 11.8 Å². The van der Waals surface area contributed by atoms with Crippen LogP contribution in [0.25, 0.3) is 6.08 Å². The number of thioether (sulfide) groups is 1. The molecular formula is C21H23N3O3S3. The van der Waals surface area contributed by atoms with Crippen molar-refractivity contribution >= 4 is 68.3 Å². The van der Waals surface area contributed by atoms with Gasteiger partial charge < -0.3 is 4.74 Å². The van der Waals surface area contributed by atoms with Crippen LogP contribution >= 0.6 is 35.3 Å². The summed E-state index contributed by atoms with van der Waals surface area (Å²) in [6, 6.07) is 5.85. The molecule has 0 unspecified atom stereocenters. The highest BCUT2D eigenvalue weighted by Crippen LogP contribution is 2.35.